The Kier molecular flexibility index (Phi) is 6.95. The number of nitrogens with zero attached hydrogens (tertiary/aromatic N) is 2. The van der Waals surface area contributed by atoms with Crippen LogP contribution in [-0.2, 0) is 9.59 Å². The maximum Gasteiger partial charge on any atom is 0.265 e. The van der Waals surface area contributed by atoms with Crippen molar-refractivity contribution in [3.63, 3.8) is 0 Å². The molecule has 4 rings (SSSR count). The van der Waals surface area contributed by atoms with Gasteiger partial charge in [0.2, 0.25) is 0 Å². The highest BCUT2D eigenvalue weighted by atomic mass is 16.5. The van der Waals surface area contributed by atoms with E-state index >= 15 is 0 Å². The van der Waals surface area contributed by atoms with Crippen LogP contribution in [0.3, 0.4) is 0 Å². The zero-order valence-electron chi connectivity index (χ0n) is 18.9. The number of carbonyl (C=O) groups excluding carboxylic acids is 2. The molecule has 0 aromatic heterocycles. The van der Waals surface area contributed by atoms with Crippen molar-refractivity contribution in [1.29, 1.82) is 0 Å². The summed E-state index contributed by atoms with van der Waals surface area (Å²) in [6.45, 7) is 7.51. The Morgan fingerprint density at radius 3 is 2.69 bits per heavy atom. The number of piperidine rings is 1. The van der Waals surface area contributed by atoms with Gasteiger partial charge in [0.25, 0.3) is 11.8 Å². The van der Waals surface area contributed by atoms with Gasteiger partial charge in [-0.05, 0) is 75.2 Å². The SMILES string of the molecule is Cc1ccc(C)c(OCC(=O)Nc2ccc3c(c2)N(CCN2CCCCC2)C(=O)CO3)c1. The van der Waals surface area contributed by atoms with E-state index in [9.17, 15) is 9.59 Å². The second-order valence-corrected chi connectivity index (χ2v) is 8.52. The molecular formula is C25H31N3O4. The minimum absolute atomic E-state index is 0.0440. The molecule has 2 aliphatic heterocycles. The first-order valence-electron chi connectivity index (χ1n) is 11.3. The highest BCUT2D eigenvalue weighted by Gasteiger charge is 2.26. The molecule has 0 spiro atoms. The number of hydrogen-bond acceptors (Lipinski definition) is 5. The topological polar surface area (TPSA) is 71.1 Å². The van der Waals surface area contributed by atoms with Crippen molar-refractivity contribution < 1.29 is 19.1 Å². The highest BCUT2D eigenvalue weighted by molar-refractivity contribution is 5.99. The third-order valence-corrected chi connectivity index (χ3v) is 5.98. The Hall–Kier alpha value is -3.06. The fraction of sp³-hybridized carbons (Fsp3) is 0.440. The molecule has 0 atom stereocenters. The van der Waals surface area contributed by atoms with Crippen molar-refractivity contribution >= 4 is 23.2 Å². The summed E-state index contributed by atoms with van der Waals surface area (Å²) in [6, 6.07) is 11.3. The molecule has 2 heterocycles. The highest BCUT2D eigenvalue weighted by Crippen LogP contribution is 2.34. The Labute approximate surface area is 189 Å². The first-order valence-corrected chi connectivity index (χ1v) is 11.3. The van der Waals surface area contributed by atoms with Crippen LogP contribution in [0.15, 0.2) is 36.4 Å². The van der Waals surface area contributed by atoms with Gasteiger partial charge in [0.1, 0.15) is 11.5 Å². The average molecular weight is 438 g/mol. The monoisotopic (exact) mass is 437 g/mol. The quantitative estimate of drug-likeness (QED) is 0.718. The van der Waals surface area contributed by atoms with Gasteiger partial charge < -0.3 is 24.6 Å². The van der Waals surface area contributed by atoms with Crippen LogP contribution in [0.5, 0.6) is 11.5 Å². The molecule has 0 aliphatic carbocycles. The van der Waals surface area contributed by atoms with Crippen LogP contribution in [0.4, 0.5) is 11.4 Å². The molecule has 1 N–H and O–H groups in total. The smallest absolute Gasteiger partial charge is 0.265 e. The largest absolute Gasteiger partial charge is 0.483 e. The Morgan fingerprint density at radius 2 is 1.88 bits per heavy atom. The van der Waals surface area contributed by atoms with E-state index in [4.69, 9.17) is 9.47 Å². The summed E-state index contributed by atoms with van der Waals surface area (Å²) in [5.41, 5.74) is 3.37. The molecule has 1 fully saturated rings. The second kappa shape index (κ2) is 10.0. The molecule has 0 radical (unpaired) electrons. The molecule has 0 saturated carbocycles. The summed E-state index contributed by atoms with van der Waals surface area (Å²) in [5.74, 6) is 1.05. The van der Waals surface area contributed by atoms with Gasteiger partial charge >= 0.3 is 0 Å². The van der Waals surface area contributed by atoms with Crippen molar-refractivity contribution in [2.24, 2.45) is 0 Å². The van der Waals surface area contributed by atoms with E-state index in [0.29, 0.717) is 29.4 Å². The Morgan fingerprint density at radius 1 is 1.06 bits per heavy atom. The van der Waals surface area contributed by atoms with Gasteiger partial charge in [-0.1, -0.05) is 18.6 Å². The van der Waals surface area contributed by atoms with Crippen LogP contribution >= 0.6 is 0 Å². The van der Waals surface area contributed by atoms with E-state index in [0.717, 1.165) is 30.8 Å². The van der Waals surface area contributed by atoms with Crippen molar-refractivity contribution in [2.45, 2.75) is 33.1 Å². The van der Waals surface area contributed by atoms with E-state index in [1.54, 1.807) is 23.1 Å². The first-order chi connectivity index (χ1) is 15.5. The standard InChI is InChI=1S/C25H31N3O4/c1-18-6-7-19(2)23(14-18)31-16-24(29)26-20-8-9-22-21(15-20)28(25(30)17-32-22)13-12-27-10-4-3-5-11-27/h6-9,14-15H,3-5,10-13,16-17H2,1-2H3,(H,26,29). The minimum atomic E-state index is -0.256. The summed E-state index contributed by atoms with van der Waals surface area (Å²) in [6.07, 6.45) is 3.72. The van der Waals surface area contributed by atoms with Gasteiger partial charge in [-0.25, -0.2) is 0 Å². The van der Waals surface area contributed by atoms with Crippen LogP contribution in [0.2, 0.25) is 0 Å². The summed E-state index contributed by atoms with van der Waals surface area (Å²) in [7, 11) is 0. The van der Waals surface area contributed by atoms with E-state index in [1.165, 1.54) is 19.3 Å². The number of carbonyl (C=O) groups is 2. The fourth-order valence-corrected chi connectivity index (χ4v) is 4.15. The van der Waals surface area contributed by atoms with Crippen LogP contribution < -0.4 is 19.7 Å². The van der Waals surface area contributed by atoms with Gasteiger partial charge in [-0.2, -0.15) is 0 Å². The first kappa shape index (κ1) is 22.1. The van der Waals surface area contributed by atoms with E-state index in [-0.39, 0.29) is 25.0 Å². The summed E-state index contributed by atoms with van der Waals surface area (Å²) < 4.78 is 11.3. The molecule has 2 aromatic carbocycles. The lowest BCUT2D eigenvalue weighted by molar-refractivity contribution is -0.121. The number of hydrogen-bond donors (Lipinski definition) is 1. The molecule has 2 aliphatic rings. The molecule has 32 heavy (non-hydrogen) atoms. The van der Waals surface area contributed by atoms with Crippen molar-refractivity contribution in [3.8, 4) is 11.5 Å². The number of ether oxygens (including phenoxy) is 2. The van der Waals surface area contributed by atoms with Crippen molar-refractivity contribution in [2.75, 3.05) is 49.6 Å². The van der Waals surface area contributed by atoms with Gasteiger partial charge in [-0.15, -0.1) is 0 Å². The normalized spacial score (nSPS) is 16.3. The number of fused-ring (bicyclic) bond motifs is 1. The predicted octanol–water partition coefficient (Wildman–Crippen LogP) is 3.53. The number of rotatable bonds is 7. The van der Waals surface area contributed by atoms with Crippen LogP contribution in [0, 0.1) is 13.8 Å². The molecular weight excluding hydrogens is 406 g/mol. The molecule has 7 heteroatoms. The molecule has 2 aromatic rings. The van der Waals surface area contributed by atoms with Crippen LogP contribution in [0.1, 0.15) is 30.4 Å². The fourth-order valence-electron chi connectivity index (χ4n) is 4.15. The number of aryl methyl sites for hydroxylation is 2. The zero-order chi connectivity index (χ0) is 22.5. The van der Waals surface area contributed by atoms with E-state index in [1.807, 2.05) is 32.0 Å². The zero-order valence-corrected chi connectivity index (χ0v) is 18.9. The Bertz CT molecular complexity index is 985. The number of benzene rings is 2. The molecule has 1 saturated heterocycles. The predicted molar refractivity (Wildman–Crippen MR) is 125 cm³/mol. The van der Waals surface area contributed by atoms with Crippen molar-refractivity contribution in [1.82, 2.24) is 4.90 Å². The average Bonchev–Trinajstić information content (AvgIpc) is 2.79. The van der Waals surface area contributed by atoms with Gasteiger partial charge in [0.05, 0.1) is 5.69 Å². The molecule has 7 nitrogen and oxygen atoms in total. The molecule has 0 bridgehead atoms. The van der Waals surface area contributed by atoms with Crippen molar-refractivity contribution in [3.05, 3.63) is 47.5 Å². The lowest BCUT2D eigenvalue weighted by atomic mass is 10.1. The molecule has 2 amide bonds. The molecule has 170 valence electrons. The second-order valence-electron chi connectivity index (χ2n) is 8.52. The molecule has 0 unspecified atom stereocenters. The third kappa shape index (κ3) is 5.40. The lowest BCUT2D eigenvalue weighted by Gasteiger charge is -2.33. The van der Waals surface area contributed by atoms with Gasteiger partial charge in [0, 0.05) is 18.8 Å². The number of nitrogens with one attached hydrogen (secondary N) is 1. The van der Waals surface area contributed by atoms with Crippen LogP contribution in [-0.4, -0.2) is 56.1 Å². The lowest BCUT2D eigenvalue weighted by Crippen LogP contribution is -2.44. The van der Waals surface area contributed by atoms with E-state index in [2.05, 4.69) is 10.2 Å². The minimum Gasteiger partial charge on any atom is -0.483 e. The maximum absolute atomic E-state index is 12.6. The summed E-state index contributed by atoms with van der Waals surface area (Å²) in [5, 5.41) is 2.87. The van der Waals surface area contributed by atoms with E-state index < -0.39 is 0 Å². The summed E-state index contributed by atoms with van der Waals surface area (Å²) >= 11 is 0. The third-order valence-electron chi connectivity index (χ3n) is 5.98. The number of anilines is 2. The Balaban J connectivity index is 1.40. The summed E-state index contributed by atoms with van der Waals surface area (Å²) in [4.78, 5) is 29.2. The van der Waals surface area contributed by atoms with Gasteiger partial charge in [-0.3, -0.25) is 9.59 Å². The number of likely N-dealkylation sites (tertiary alicyclic amines) is 1. The number of amides is 2. The van der Waals surface area contributed by atoms with Gasteiger partial charge in [0.15, 0.2) is 13.2 Å². The maximum atomic E-state index is 12.6. The van der Waals surface area contributed by atoms with Crippen LogP contribution in [0.25, 0.3) is 0 Å².